The number of carbonyl (C=O) groups is 1. The van der Waals surface area contributed by atoms with E-state index >= 15 is 0 Å². The largest absolute Gasteiger partial charge is 0.462 e. The van der Waals surface area contributed by atoms with Crippen LogP contribution in [0.2, 0.25) is 0 Å². The first-order valence-corrected chi connectivity index (χ1v) is 12.2. The average Bonchev–Trinajstić information content (AvgIpc) is 3.30. The second-order valence-corrected chi connectivity index (χ2v) is 10.8. The number of hydrogen-bond acceptors (Lipinski definition) is 7. The van der Waals surface area contributed by atoms with Crippen LogP contribution in [0.25, 0.3) is 0 Å². The zero-order valence-corrected chi connectivity index (χ0v) is 20.7. The second-order valence-electron chi connectivity index (χ2n) is 9.74. The molecule has 1 amide bonds. The van der Waals surface area contributed by atoms with E-state index in [2.05, 4.69) is 32.8 Å². The van der Waals surface area contributed by atoms with Gasteiger partial charge in [0, 0.05) is 37.8 Å². The van der Waals surface area contributed by atoms with E-state index in [4.69, 9.17) is 19.4 Å². The van der Waals surface area contributed by atoms with Crippen molar-refractivity contribution in [3.63, 3.8) is 0 Å². The number of fused-ring (bicyclic) bond motifs is 1. The highest BCUT2D eigenvalue weighted by molar-refractivity contribution is 9.09. The van der Waals surface area contributed by atoms with Gasteiger partial charge in [0.1, 0.15) is 18.0 Å². The van der Waals surface area contributed by atoms with Gasteiger partial charge in [0.25, 0.3) is 0 Å². The van der Waals surface area contributed by atoms with Crippen molar-refractivity contribution in [3.8, 4) is 6.01 Å². The quantitative estimate of drug-likeness (QED) is 0.592. The molecule has 1 aromatic heterocycles. The highest BCUT2D eigenvalue weighted by atomic mass is 79.9. The van der Waals surface area contributed by atoms with E-state index < -0.39 is 5.60 Å². The molecular weight excluding hydrogens is 462 g/mol. The van der Waals surface area contributed by atoms with E-state index in [1.165, 1.54) is 12.0 Å². The van der Waals surface area contributed by atoms with Crippen molar-refractivity contribution in [1.82, 2.24) is 19.8 Å². The van der Waals surface area contributed by atoms with Crippen LogP contribution in [0.15, 0.2) is 0 Å². The van der Waals surface area contributed by atoms with E-state index in [0.717, 1.165) is 50.4 Å². The number of alkyl halides is 1. The lowest BCUT2D eigenvalue weighted by Crippen LogP contribution is -2.50. The molecule has 2 aliphatic heterocycles. The summed E-state index contributed by atoms with van der Waals surface area (Å²) in [6.07, 6.45) is 4.10. The number of carbonyl (C=O) groups excluding carboxylic acids is 1. The van der Waals surface area contributed by atoms with Gasteiger partial charge in [-0.3, -0.25) is 0 Å². The van der Waals surface area contributed by atoms with Crippen molar-refractivity contribution in [2.45, 2.75) is 62.9 Å². The van der Waals surface area contributed by atoms with E-state index in [1.54, 1.807) is 4.90 Å². The minimum absolute atomic E-state index is 0.240. The predicted octanol–water partition coefficient (Wildman–Crippen LogP) is 3.39. The third-order valence-corrected chi connectivity index (χ3v) is 7.14. The SMILES string of the molecule is CN1CCC[C@H]1COc1nc2c(c(N3CCN(C(=O)OC(C)(C)C)CC3)n1)CCC2Br. The number of hydrogen-bond donors (Lipinski definition) is 0. The van der Waals surface area contributed by atoms with Gasteiger partial charge in [-0.05, 0) is 60.0 Å². The molecular formula is C22H34BrN5O3. The number of likely N-dealkylation sites (N-methyl/N-ethyl adjacent to an activating group) is 1. The molecule has 0 radical (unpaired) electrons. The Morgan fingerprint density at radius 2 is 1.87 bits per heavy atom. The standard InChI is InChI=1S/C22H34BrN5O3/c1-22(2,3)31-21(29)28-12-10-27(11-13-28)19-16-7-8-17(23)18(16)24-20(25-19)30-14-15-6-5-9-26(15)4/h15,17H,5-14H2,1-4H3/t15-,17?/m0/s1. The van der Waals surface area contributed by atoms with Gasteiger partial charge in [-0.25, -0.2) is 4.79 Å². The Hall–Kier alpha value is -1.61. The fourth-order valence-corrected chi connectivity index (χ4v) is 5.10. The van der Waals surface area contributed by atoms with Gasteiger partial charge in [-0.1, -0.05) is 15.9 Å². The molecule has 0 aromatic carbocycles. The number of nitrogens with zero attached hydrogens (tertiary/aromatic N) is 5. The number of likely N-dealkylation sites (tertiary alicyclic amines) is 1. The molecule has 31 heavy (non-hydrogen) atoms. The zero-order chi connectivity index (χ0) is 22.2. The molecule has 2 atom stereocenters. The number of halogens is 1. The summed E-state index contributed by atoms with van der Waals surface area (Å²) < 4.78 is 11.6. The molecule has 1 aliphatic carbocycles. The molecule has 1 aromatic rings. The van der Waals surface area contributed by atoms with Gasteiger partial charge in [0.15, 0.2) is 0 Å². The summed E-state index contributed by atoms with van der Waals surface area (Å²) in [5.41, 5.74) is 1.78. The molecule has 4 rings (SSSR count). The average molecular weight is 496 g/mol. The lowest BCUT2D eigenvalue weighted by Gasteiger charge is -2.36. The number of ether oxygens (including phenoxy) is 2. The Morgan fingerprint density at radius 3 is 2.52 bits per heavy atom. The zero-order valence-electron chi connectivity index (χ0n) is 19.1. The van der Waals surface area contributed by atoms with Crippen LogP contribution in [0.4, 0.5) is 10.6 Å². The minimum atomic E-state index is -0.480. The molecule has 2 saturated heterocycles. The molecule has 0 saturated carbocycles. The third-order valence-electron chi connectivity index (χ3n) is 6.25. The minimum Gasteiger partial charge on any atom is -0.462 e. The first-order valence-electron chi connectivity index (χ1n) is 11.3. The summed E-state index contributed by atoms with van der Waals surface area (Å²) in [6.45, 7) is 10.1. The highest BCUT2D eigenvalue weighted by Crippen LogP contribution is 2.41. The molecule has 0 bridgehead atoms. The van der Waals surface area contributed by atoms with E-state index in [9.17, 15) is 4.79 Å². The molecule has 0 N–H and O–H groups in total. The van der Waals surface area contributed by atoms with Crippen LogP contribution in [-0.4, -0.2) is 83.9 Å². The summed E-state index contributed by atoms with van der Waals surface area (Å²) in [5, 5.41) is 0. The molecule has 3 aliphatic rings. The maximum atomic E-state index is 12.4. The van der Waals surface area contributed by atoms with E-state index in [-0.39, 0.29) is 10.9 Å². The lowest BCUT2D eigenvalue weighted by molar-refractivity contribution is 0.0240. The second kappa shape index (κ2) is 9.10. The Bertz CT molecular complexity index is 807. The van der Waals surface area contributed by atoms with E-state index in [1.807, 2.05) is 20.8 Å². The smallest absolute Gasteiger partial charge is 0.410 e. The predicted molar refractivity (Wildman–Crippen MR) is 123 cm³/mol. The maximum absolute atomic E-state index is 12.4. The summed E-state index contributed by atoms with van der Waals surface area (Å²) >= 11 is 3.77. The van der Waals surface area contributed by atoms with Gasteiger partial charge in [0.2, 0.25) is 0 Å². The molecule has 8 nitrogen and oxygen atoms in total. The summed E-state index contributed by atoms with van der Waals surface area (Å²) in [5.74, 6) is 0.963. The third kappa shape index (κ3) is 5.25. The number of anilines is 1. The van der Waals surface area contributed by atoms with Crippen molar-refractivity contribution in [2.75, 3.05) is 51.3 Å². The topological polar surface area (TPSA) is 71.0 Å². The first-order chi connectivity index (χ1) is 14.7. The highest BCUT2D eigenvalue weighted by Gasteiger charge is 2.32. The molecule has 9 heteroatoms. The Kier molecular flexibility index (Phi) is 6.62. The van der Waals surface area contributed by atoms with Crippen LogP contribution < -0.4 is 9.64 Å². The molecule has 1 unspecified atom stereocenters. The van der Waals surface area contributed by atoms with Crippen molar-refractivity contribution in [2.24, 2.45) is 0 Å². The van der Waals surface area contributed by atoms with E-state index in [0.29, 0.717) is 31.7 Å². The van der Waals surface area contributed by atoms with Crippen LogP contribution in [-0.2, 0) is 11.2 Å². The fraction of sp³-hybridized carbons (Fsp3) is 0.773. The number of aromatic nitrogens is 2. The summed E-state index contributed by atoms with van der Waals surface area (Å²) in [4.78, 5) is 28.6. The van der Waals surface area contributed by atoms with Gasteiger partial charge in [0.05, 0.1) is 10.5 Å². The first kappa shape index (κ1) is 22.6. The Morgan fingerprint density at radius 1 is 1.13 bits per heavy atom. The molecule has 0 spiro atoms. The van der Waals surface area contributed by atoms with Gasteiger partial charge in [-0.15, -0.1) is 0 Å². The van der Waals surface area contributed by atoms with Crippen molar-refractivity contribution in [1.29, 1.82) is 0 Å². The van der Waals surface area contributed by atoms with Crippen LogP contribution in [0.5, 0.6) is 6.01 Å². The molecule has 2 fully saturated rings. The fourth-order valence-electron chi connectivity index (χ4n) is 4.49. The molecule has 3 heterocycles. The summed E-state index contributed by atoms with van der Waals surface area (Å²) in [7, 11) is 2.15. The van der Waals surface area contributed by atoms with Gasteiger partial charge < -0.3 is 24.2 Å². The van der Waals surface area contributed by atoms with Crippen molar-refractivity contribution in [3.05, 3.63) is 11.3 Å². The van der Waals surface area contributed by atoms with Crippen LogP contribution in [0.1, 0.15) is 56.1 Å². The Balaban J connectivity index is 1.46. The van der Waals surface area contributed by atoms with Crippen LogP contribution >= 0.6 is 15.9 Å². The van der Waals surface area contributed by atoms with Gasteiger partial charge in [-0.2, -0.15) is 9.97 Å². The lowest BCUT2D eigenvalue weighted by atomic mass is 10.2. The number of rotatable bonds is 4. The monoisotopic (exact) mass is 495 g/mol. The maximum Gasteiger partial charge on any atom is 0.410 e. The van der Waals surface area contributed by atoms with Crippen LogP contribution in [0, 0.1) is 0 Å². The summed E-state index contributed by atoms with van der Waals surface area (Å²) in [6, 6.07) is 0.896. The van der Waals surface area contributed by atoms with Crippen LogP contribution in [0.3, 0.4) is 0 Å². The van der Waals surface area contributed by atoms with Crippen molar-refractivity contribution >= 4 is 27.8 Å². The number of piperazine rings is 1. The van der Waals surface area contributed by atoms with Crippen molar-refractivity contribution < 1.29 is 14.3 Å². The Labute approximate surface area is 193 Å². The normalized spacial score (nSPS) is 24.4. The molecule has 172 valence electrons. The number of amides is 1. The van der Waals surface area contributed by atoms with Gasteiger partial charge >= 0.3 is 12.1 Å².